The molecule has 0 spiro atoms. The van der Waals surface area contributed by atoms with Gasteiger partial charge in [0.15, 0.2) is 0 Å². The Morgan fingerprint density at radius 1 is 1.32 bits per heavy atom. The van der Waals surface area contributed by atoms with Crippen LogP contribution in [0.4, 0.5) is 0 Å². The SMILES string of the molecule is CCC1(CNC(=O)COC2CCNCC2)CCCC1. The van der Waals surface area contributed by atoms with Crippen molar-refractivity contribution in [3.8, 4) is 0 Å². The third-order valence-corrected chi connectivity index (χ3v) is 4.81. The lowest BCUT2D eigenvalue weighted by Crippen LogP contribution is -2.39. The van der Waals surface area contributed by atoms with E-state index in [4.69, 9.17) is 4.74 Å². The van der Waals surface area contributed by atoms with Gasteiger partial charge in [-0.1, -0.05) is 19.8 Å². The average molecular weight is 268 g/mol. The molecule has 1 heterocycles. The van der Waals surface area contributed by atoms with Crippen LogP contribution >= 0.6 is 0 Å². The number of rotatable bonds is 6. The summed E-state index contributed by atoms with van der Waals surface area (Å²) in [6.07, 6.45) is 8.63. The smallest absolute Gasteiger partial charge is 0.246 e. The van der Waals surface area contributed by atoms with Gasteiger partial charge in [-0.25, -0.2) is 0 Å². The first-order valence-corrected chi connectivity index (χ1v) is 7.83. The van der Waals surface area contributed by atoms with Gasteiger partial charge < -0.3 is 15.4 Å². The molecule has 19 heavy (non-hydrogen) atoms. The van der Waals surface area contributed by atoms with Gasteiger partial charge in [-0.05, 0) is 50.6 Å². The molecule has 1 aliphatic heterocycles. The van der Waals surface area contributed by atoms with Gasteiger partial charge in [0.2, 0.25) is 5.91 Å². The zero-order chi connectivity index (χ0) is 13.6. The largest absolute Gasteiger partial charge is 0.368 e. The molecule has 110 valence electrons. The van der Waals surface area contributed by atoms with E-state index in [1.54, 1.807) is 0 Å². The van der Waals surface area contributed by atoms with E-state index < -0.39 is 0 Å². The first-order valence-electron chi connectivity index (χ1n) is 7.83. The van der Waals surface area contributed by atoms with Crippen LogP contribution < -0.4 is 10.6 Å². The summed E-state index contributed by atoms with van der Waals surface area (Å²) in [5.41, 5.74) is 0.365. The Labute approximate surface area is 116 Å². The third kappa shape index (κ3) is 4.46. The fourth-order valence-electron chi connectivity index (χ4n) is 3.27. The fourth-order valence-corrected chi connectivity index (χ4v) is 3.27. The predicted molar refractivity (Wildman–Crippen MR) is 76.0 cm³/mol. The van der Waals surface area contributed by atoms with Crippen LogP contribution in [0.15, 0.2) is 0 Å². The highest BCUT2D eigenvalue weighted by Gasteiger charge is 2.32. The Morgan fingerprint density at radius 2 is 2.00 bits per heavy atom. The molecule has 4 nitrogen and oxygen atoms in total. The second-order valence-electron chi connectivity index (χ2n) is 6.10. The molecule has 1 saturated heterocycles. The number of hydrogen-bond acceptors (Lipinski definition) is 3. The molecular weight excluding hydrogens is 240 g/mol. The van der Waals surface area contributed by atoms with Gasteiger partial charge in [-0.15, -0.1) is 0 Å². The summed E-state index contributed by atoms with van der Waals surface area (Å²) in [4.78, 5) is 11.8. The van der Waals surface area contributed by atoms with Crippen molar-refractivity contribution in [2.45, 2.75) is 58.0 Å². The maximum atomic E-state index is 11.8. The normalized spacial score (nSPS) is 23.4. The molecule has 0 radical (unpaired) electrons. The summed E-state index contributed by atoms with van der Waals surface area (Å²) in [5, 5.41) is 6.37. The van der Waals surface area contributed by atoms with Crippen LogP contribution in [0.25, 0.3) is 0 Å². The Morgan fingerprint density at radius 3 is 2.63 bits per heavy atom. The molecule has 0 aromatic carbocycles. The summed E-state index contributed by atoms with van der Waals surface area (Å²) in [6, 6.07) is 0. The van der Waals surface area contributed by atoms with Crippen molar-refractivity contribution in [1.29, 1.82) is 0 Å². The van der Waals surface area contributed by atoms with Crippen molar-refractivity contribution in [3.63, 3.8) is 0 Å². The lowest BCUT2D eigenvalue weighted by Gasteiger charge is -2.28. The van der Waals surface area contributed by atoms with Gasteiger partial charge in [-0.2, -0.15) is 0 Å². The highest BCUT2D eigenvalue weighted by molar-refractivity contribution is 5.77. The van der Waals surface area contributed by atoms with Gasteiger partial charge in [0, 0.05) is 6.54 Å². The quantitative estimate of drug-likeness (QED) is 0.773. The standard InChI is InChI=1S/C15H28N2O2/c1-2-15(7-3-4-8-15)12-17-14(18)11-19-13-5-9-16-10-6-13/h13,16H,2-12H2,1H3,(H,17,18). The van der Waals surface area contributed by atoms with E-state index in [2.05, 4.69) is 17.6 Å². The Balaban J connectivity index is 1.63. The topological polar surface area (TPSA) is 50.4 Å². The monoisotopic (exact) mass is 268 g/mol. The first-order chi connectivity index (χ1) is 9.24. The lowest BCUT2D eigenvalue weighted by atomic mass is 9.83. The van der Waals surface area contributed by atoms with Crippen LogP contribution in [0.5, 0.6) is 0 Å². The number of amides is 1. The van der Waals surface area contributed by atoms with Gasteiger partial charge in [0.1, 0.15) is 6.61 Å². The van der Waals surface area contributed by atoms with Crippen molar-refractivity contribution < 1.29 is 9.53 Å². The first kappa shape index (κ1) is 14.8. The Kier molecular flexibility index (Phi) is 5.64. The summed E-state index contributed by atoms with van der Waals surface area (Å²) in [6.45, 7) is 5.31. The van der Waals surface area contributed by atoms with Crippen LogP contribution in [0, 0.1) is 5.41 Å². The molecule has 0 aromatic rings. The number of hydrogen-bond donors (Lipinski definition) is 2. The van der Waals surface area contributed by atoms with Crippen LogP contribution in [-0.2, 0) is 9.53 Å². The molecule has 0 aromatic heterocycles. The van der Waals surface area contributed by atoms with Crippen molar-refractivity contribution >= 4 is 5.91 Å². The maximum Gasteiger partial charge on any atom is 0.246 e. The van der Waals surface area contributed by atoms with E-state index in [-0.39, 0.29) is 18.6 Å². The molecule has 1 saturated carbocycles. The van der Waals surface area contributed by atoms with Crippen molar-refractivity contribution in [3.05, 3.63) is 0 Å². The molecule has 0 bridgehead atoms. The van der Waals surface area contributed by atoms with Gasteiger partial charge in [-0.3, -0.25) is 4.79 Å². The molecule has 2 fully saturated rings. The zero-order valence-corrected chi connectivity index (χ0v) is 12.2. The van der Waals surface area contributed by atoms with E-state index in [9.17, 15) is 4.79 Å². The molecule has 0 unspecified atom stereocenters. The van der Waals surface area contributed by atoms with E-state index >= 15 is 0 Å². The molecule has 2 rings (SSSR count). The maximum absolute atomic E-state index is 11.8. The predicted octanol–water partition coefficient (Wildman–Crippen LogP) is 1.84. The van der Waals surface area contributed by atoms with Crippen LogP contribution in [0.1, 0.15) is 51.9 Å². The van der Waals surface area contributed by atoms with Gasteiger partial charge in [0.25, 0.3) is 0 Å². The minimum atomic E-state index is 0.0539. The fraction of sp³-hybridized carbons (Fsp3) is 0.933. The van der Waals surface area contributed by atoms with Gasteiger partial charge >= 0.3 is 0 Å². The van der Waals surface area contributed by atoms with Gasteiger partial charge in [0.05, 0.1) is 6.10 Å². The molecule has 2 N–H and O–H groups in total. The number of carbonyl (C=O) groups is 1. The van der Waals surface area contributed by atoms with E-state index in [1.807, 2.05) is 0 Å². The van der Waals surface area contributed by atoms with E-state index in [0.717, 1.165) is 32.5 Å². The molecule has 4 heteroatoms. The average Bonchev–Trinajstić information content (AvgIpc) is 2.93. The highest BCUT2D eigenvalue weighted by Crippen LogP contribution is 2.40. The number of nitrogens with one attached hydrogen (secondary N) is 2. The Bertz CT molecular complexity index is 282. The summed E-state index contributed by atoms with van der Waals surface area (Å²) < 4.78 is 5.67. The van der Waals surface area contributed by atoms with Crippen LogP contribution in [0.3, 0.4) is 0 Å². The third-order valence-electron chi connectivity index (χ3n) is 4.81. The molecule has 1 amide bonds. The number of piperidine rings is 1. The summed E-state index contributed by atoms with van der Waals surface area (Å²) >= 11 is 0. The highest BCUT2D eigenvalue weighted by atomic mass is 16.5. The summed E-state index contributed by atoms with van der Waals surface area (Å²) in [7, 11) is 0. The lowest BCUT2D eigenvalue weighted by molar-refractivity contribution is -0.128. The molecule has 1 aliphatic carbocycles. The number of carbonyl (C=O) groups excluding carboxylic acids is 1. The van der Waals surface area contributed by atoms with Crippen molar-refractivity contribution in [1.82, 2.24) is 10.6 Å². The minimum absolute atomic E-state index is 0.0539. The number of ether oxygens (including phenoxy) is 1. The molecule has 2 aliphatic rings. The molecule has 0 atom stereocenters. The Hall–Kier alpha value is -0.610. The van der Waals surface area contributed by atoms with E-state index in [1.165, 1.54) is 32.1 Å². The van der Waals surface area contributed by atoms with Crippen molar-refractivity contribution in [2.24, 2.45) is 5.41 Å². The molecular formula is C15H28N2O2. The van der Waals surface area contributed by atoms with E-state index in [0.29, 0.717) is 5.41 Å². The summed E-state index contributed by atoms with van der Waals surface area (Å²) in [5.74, 6) is 0.0539. The van der Waals surface area contributed by atoms with Crippen LogP contribution in [-0.4, -0.2) is 38.3 Å². The second kappa shape index (κ2) is 7.25. The van der Waals surface area contributed by atoms with Crippen molar-refractivity contribution in [2.75, 3.05) is 26.2 Å². The second-order valence-corrected chi connectivity index (χ2v) is 6.10. The zero-order valence-electron chi connectivity index (χ0n) is 12.2. The minimum Gasteiger partial charge on any atom is -0.368 e. The van der Waals surface area contributed by atoms with Crippen LogP contribution in [0.2, 0.25) is 0 Å².